The van der Waals surface area contributed by atoms with Crippen LogP contribution in [0.2, 0.25) is 0 Å². The summed E-state index contributed by atoms with van der Waals surface area (Å²) in [4.78, 5) is 12.1. The van der Waals surface area contributed by atoms with Crippen molar-refractivity contribution in [2.75, 3.05) is 0 Å². The topological polar surface area (TPSA) is 98.0 Å². The zero-order valence-electron chi connectivity index (χ0n) is 14.2. The maximum Gasteiger partial charge on any atom is 0.206 e. The minimum atomic E-state index is -4.03. The highest BCUT2D eigenvalue weighted by atomic mass is 79.9. The van der Waals surface area contributed by atoms with Crippen LogP contribution in [0.1, 0.15) is 11.1 Å². The molecule has 4 N–H and O–H groups in total. The molecule has 0 atom stereocenters. The fourth-order valence-electron chi connectivity index (χ4n) is 2.80. The summed E-state index contributed by atoms with van der Waals surface area (Å²) in [6.45, 7) is 0. The minimum Gasteiger partial charge on any atom is -0.506 e. The molecule has 1 aliphatic carbocycles. The lowest BCUT2D eigenvalue weighted by Crippen LogP contribution is -2.06. The molecule has 0 heterocycles. The summed E-state index contributed by atoms with van der Waals surface area (Å²) < 4.78 is 31.4. The molecule has 0 fully saturated rings. The molecule has 0 spiro atoms. The fourth-order valence-corrected chi connectivity index (χ4v) is 5.90. The van der Waals surface area contributed by atoms with Crippen LogP contribution in [-0.4, -0.2) is 24.5 Å². The number of phenols is 1. The number of carbonyl (C=O) groups is 1. The number of halogens is 4. The highest BCUT2D eigenvalue weighted by molar-refractivity contribution is 9.13. The Labute approximate surface area is 201 Å². The van der Waals surface area contributed by atoms with Gasteiger partial charge in [0.05, 0.1) is 22.8 Å². The molecule has 0 unspecified atom stereocenters. The normalized spacial score (nSPS) is 15.1. The molecular weight excluding hydrogens is 660 g/mol. The highest BCUT2D eigenvalue weighted by Gasteiger charge is 2.26. The molecule has 0 aliphatic heterocycles. The second-order valence-corrected chi connectivity index (χ2v) is 10.8. The number of benzene rings is 2. The lowest BCUT2D eigenvalue weighted by atomic mass is 9.91. The van der Waals surface area contributed by atoms with Crippen LogP contribution in [0.15, 0.2) is 76.9 Å². The monoisotopic (exact) mass is 668 g/mol. The summed E-state index contributed by atoms with van der Waals surface area (Å²) in [7, 11) is -4.03. The van der Waals surface area contributed by atoms with E-state index in [-0.39, 0.29) is 16.4 Å². The number of ketones is 1. The lowest BCUT2D eigenvalue weighted by molar-refractivity contribution is -0.110. The van der Waals surface area contributed by atoms with E-state index in [1.807, 2.05) is 0 Å². The Morgan fingerprint density at radius 3 is 1.90 bits per heavy atom. The SMILES string of the molecule is O=C1C(Br)=CC(=C(c2cc(Br)c(O)c(Br)c2)c2ccccc2S(O)(O)O)C=C1Br. The van der Waals surface area contributed by atoms with Crippen LogP contribution in [-0.2, 0) is 4.79 Å². The second kappa shape index (κ2) is 8.80. The van der Waals surface area contributed by atoms with Gasteiger partial charge in [-0.2, -0.15) is 0 Å². The van der Waals surface area contributed by atoms with Crippen molar-refractivity contribution in [2.45, 2.75) is 4.90 Å². The number of hydrogen-bond acceptors (Lipinski definition) is 5. The predicted molar refractivity (Wildman–Crippen MR) is 129 cm³/mol. The van der Waals surface area contributed by atoms with Crippen molar-refractivity contribution >= 4 is 85.9 Å². The Morgan fingerprint density at radius 1 is 0.862 bits per heavy atom. The average molecular weight is 672 g/mol. The number of aromatic hydroxyl groups is 1. The number of rotatable bonds is 3. The van der Waals surface area contributed by atoms with Gasteiger partial charge in [-0.3, -0.25) is 4.79 Å². The van der Waals surface area contributed by atoms with E-state index in [1.54, 1.807) is 42.5 Å². The van der Waals surface area contributed by atoms with Crippen molar-refractivity contribution in [1.29, 1.82) is 0 Å². The van der Waals surface area contributed by atoms with E-state index in [1.165, 1.54) is 6.07 Å². The van der Waals surface area contributed by atoms with Crippen LogP contribution in [0, 0.1) is 0 Å². The minimum absolute atomic E-state index is 0.00472. The molecule has 0 saturated carbocycles. The molecule has 3 rings (SSSR count). The Morgan fingerprint density at radius 2 is 1.38 bits per heavy atom. The molecular formula is C19H12Br4O5S. The van der Waals surface area contributed by atoms with Crippen molar-refractivity contribution in [2.24, 2.45) is 0 Å². The molecule has 152 valence electrons. The van der Waals surface area contributed by atoms with Gasteiger partial charge >= 0.3 is 0 Å². The zero-order chi connectivity index (χ0) is 21.5. The first-order valence-electron chi connectivity index (χ1n) is 7.82. The van der Waals surface area contributed by atoms with E-state index in [9.17, 15) is 23.6 Å². The van der Waals surface area contributed by atoms with E-state index < -0.39 is 10.9 Å². The van der Waals surface area contributed by atoms with Gasteiger partial charge in [-0.15, -0.1) is 0 Å². The van der Waals surface area contributed by atoms with Gasteiger partial charge in [-0.25, -0.2) is 0 Å². The van der Waals surface area contributed by atoms with Crippen LogP contribution < -0.4 is 0 Å². The maximum atomic E-state index is 12.1. The molecule has 29 heavy (non-hydrogen) atoms. The Bertz CT molecular complexity index is 1070. The van der Waals surface area contributed by atoms with E-state index in [4.69, 9.17) is 0 Å². The van der Waals surface area contributed by atoms with Crippen molar-refractivity contribution < 1.29 is 23.6 Å². The molecule has 0 amide bonds. The van der Waals surface area contributed by atoms with Crippen molar-refractivity contribution in [3.05, 3.63) is 83.2 Å². The van der Waals surface area contributed by atoms with Crippen molar-refractivity contribution in [3.63, 3.8) is 0 Å². The lowest BCUT2D eigenvalue weighted by Gasteiger charge is -2.25. The third-order valence-corrected chi connectivity index (χ3v) is 7.38. The van der Waals surface area contributed by atoms with Crippen LogP contribution in [0.5, 0.6) is 5.75 Å². The van der Waals surface area contributed by atoms with Gasteiger partial charge in [0.2, 0.25) is 5.78 Å². The van der Waals surface area contributed by atoms with Gasteiger partial charge in [-0.05, 0) is 111 Å². The molecule has 0 saturated heterocycles. The van der Waals surface area contributed by atoms with E-state index >= 15 is 0 Å². The van der Waals surface area contributed by atoms with Gasteiger partial charge in [0.25, 0.3) is 0 Å². The summed E-state index contributed by atoms with van der Waals surface area (Å²) in [6.07, 6.45) is 3.22. The third-order valence-electron chi connectivity index (χ3n) is 4.04. The third kappa shape index (κ3) is 4.80. The number of hydrogen-bond donors (Lipinski definition) is 4. The molecule has 1 aliphatic rings. The largest absolute Gasteiger partial charge is 0.506 e. The Kier molecular flexibility index (Phi) is 6.96. The van der Waals surface area contributed by atoms with E-state index in [2.05, 4.69) is 63.7 Å². The predicted octanol–water partition coefficient (Wildman–Crippen LogP) is 7.44. The average Bonchev–Trinajstić information content (AvgIpc) is 2.64. The molecule has 2 aromatic rings. The first kappa shape index (κ1) is 23.0. The molecule has 0 bridgehead atoms. The zero-order valence-corrected chi connectivity index (χ0v) is 21.4. The molecule has 10 heteroatoms. The Hall–Kier alpha value is -0.720. The fraction of sp³-hybridized carbons (Fsp3) is 0. The second-order valence-electron chi connectivity index (χ2n) is 5.95. The van der Waals surface area contributed by atoms with Gasteiger partial charge < -0.3 is 18.8 Å². The standard InChI is InChI=1S/C19H12Br4O5S/c20-12-5-9(6-13(21)18(12)24)17(10-7-14(22)19(25)15(23)8-10)11-3-1-2-4-16(11)29(26,27)28/h1-8,24,26-28H. The van der Waals surface area contributed by atoms with E-state index in [0.717, 1.165) is 0 Å². The van der Waals surface area contributed by atoms with Gasteiger partial charge in [-0.1, -0.05) is 18.2 Å². The number of allylic oxidation sites excluding steroid dienone is 5. The molecule has 0 aromatic heterocycles. The highest BCUT2D eigenvalue weighted by Crippen LogP contribution is 2.50. The van der Waals surface area contributed by atoms with Crippen molar-refractivity contribution in [1.82, 2.24) is 0 Å². The quantitative estimate of drug-likeness (QED) is 0.272. The summed E-state index contributed by atoms with van der Waals surface area (Å²) >= 11 is 13.1. The molecule has 0 radical (unpaired) electrons. The summed E-state index contributed by atoms with van der Waals surface area (Å²) in [5.41, 5.74) is 2.04. The van der Waals surface area contributed by atoms with Crippen molar-refractivity contribution in [3.8, 4) is 5.75 Å². The van der Waals surface area contributed by atoms with E-state index in [0.29, 0.717) is 40.2 Å². The summed E-state index contributed by atoms with van der Waals surface area (Å²) in [5, 5.41) is 10.1. The molecule has 2 aromatic carbocycles. The van der Waals surface area contributed by atoms with Crippen LogP contribution in [0.25, 0.3) is 5.57 Å². The van der Waals surface area contributed by atoms with Crippen LogP contribution >= 0.6 is 74.6 Å². The van der Waals surface area contributed by atoms with Gasteiger partial charge in [0, 0.05) is 5.56 Å². The summed E-state index contributed by atoms with van der Waals surface area (Å²) in [6, 6.07) is 9.64. The number of carbonyl (C=O) groups excluding carboxylic acids is 1. The van der Waals surface area contributed by atoms with Gasteiger partial charge in [0.1, 0.15) is 16.6 Å². The Balaban J connectivity index is 2.44. The van der Waals surface area contributed by atoms with Gasteiger partial charge in [0.15, 0.2) is 0 Å². The number of phenolic OH excluding ortho intramolecular Hbond substituents is 1. The number of Topliss-reactive ketones (excluding diaryl/α,β-unsaturated/α-hetero) is 1. The molecule has 5 nitrogen and oxygen atoms in total. The smallest absolute Gasteiger partial charge is 0.206 e. The summed E-state index contributed by atoms with van der Waals surface area (Å²) in [5.74, 6) is -0.231. The maximum absolute atomic E-state index is 12.1. The first-order chi connectivity index (χ1) is 13.5. The first-order valence-corrected chi connectivity index (χ1v) is 12.5. The van der Waals surface area contributed by atoms with Crippen LogP contribution in [0.3, 0.4) is 0 Å². The van der Waals surface area contributed by atoms with Crippen LogP contribution in [0.4, 0.5) is 0 Å².